The van der Waals surface area contributed by atoms with Gasteiger partial charge >= 0.3 is 6.09 Å². The molecule has 0 aromatic heterocycles. The molecule has 6 nitrogen and oxygen atoms in total. The van der Waals surface area contributed by atoms with Gasteiger partial charge in [-0.05, 0) is 23.3 Å². The van der Waals surface area contributed by atoms with Crippen molar-refractivity contribution in [2.75, 3.05) is 5.32 Å². The fourth-order valence-corrected chi connectivity index (χ4v) is 2.77. The highest BCUT2D eigenvalue weighted by molar-refractivity contribution is 5.97. The number of nitrogens with one attached hydrogen (secondary N) is 2. The van der Waals surface area contributed by atoms with Gasteiger partial charge in [0.2, 0.25) is 5.91 Å². The van der Waals surface area contributed by atoms with Crippen molar-refractivity contribution in [2.24, 2.45) is 0 Å². The Labute approximate surface area is 169 Å². The van der Waals surface area contributed by atoms with Gasteiger partial charge in [-0.3, -0.25) is 4.79 Å². The third-order valence-electron chi connectivity index (χ3n) is 4.27. The number of para-hydroxylation sites is 2. The Morgan fingerprint density at radius 3 is 2.07 bits per heavy atom. The van der Waals surface area contributed by atoms with Crippen LogP contribution in [0.1, 0.15) is 11.1 Å². The lowest BCUT2D eigenvalue weighted by atomic mass is 10.1. The minimum absolute atomic E-state index is 0.0500. The molecule has 1 unspecified atom stereocenters. The normalized spacial score (nSPS) is 11.3. The number of alkyl carbamates (subject to hydrolysis) is 1. The van der Waals surface area contributed by atoms with Crippen molar-refractivity contribution < 1.29 is 19.4 Å². The zero-order valence-corrected chi connectivity index (χ0v) is 15.7. The minimum atomic E-state index is -0.875. The first-order chi connectivity index (χ1) is 14.1. The van der Waals surface area contributed by atoms with Crippen LogP contribution in [0.5, 0.6) is 5.75 Å². The van der Waals surface area contributed by atoms with Crippen molar-refractivity contribution in [3.63, 3.8) is 0 Å². The number of amides is 2. The second-order valence-electron chi connectivity index (χ2n) is 6.45. The standard InChI is InChI=1S/C23H22N2O4/c26-21-14-8-7-13-19(21)24-22(27)20(15-17-9-3-1-4-10-17)25-23(28)29-16-18-11-5-2-6-12-18/h1-14,20,26H,15-16H2,(H,24,27)(H,25,28). The van der Waals surface area contributed by atoms with E-state index >= 15 is 0 Å². The summed E-state index contributed by atoms with van der Waals surface area (Å²) < 4.78 is 5.24. The van der Waals surface area contributed by atoms with Crippen LogP contribution in [0.15, 0.2) is 84.9 Å². The van der Waals surface area contributed by atoms with Gasteiger partial charge in [0.1, 0.15) is 18.4 Å². The van der Waals surface area contributed by atoms with Gasteiger partial charge in [-0.1, -0.05) is 72.8 Å². The van der Waals surface area contributed by atoms with Crippen molar-refractivity contribution in [3.8, 4) is 5.75 Å². The first-order valence-electron chi connectivity index (χ1n) is 9.22. The number of rotatable bonds is 7. The number of benzene rings is 3. The van der Waals surface area contributed by atoms with Gasteiger partial charge in [0.25, 0.3) is 0 Å². The van der Waals surface area contributed by atoms with E-state index in [0.717, 1.165) is 11.1 Å². The maximum absolute atomic E-state index is 12.8. The molecule has 6 heteroatoms. The van der Waals surface area contributed by atoms with Gasteiger partial charge in [0.05, 0.1) is 5.69 Å². The van der Waals surface area contributed by atoms with E-state index in [1.807, 2.05) is 60.7 Å². The van der Waals surface area contributed by atoms with Crippen LogP contribution < -0.4 is 10.6 Å². The van der Waals surface area contributed by atoms with E-state index in [9.17, 15) is 14.7 Å². The highest BCUT2D eigenvalue weighted by atomic mass is 16.5. The molecule has 29 heavy (non-hydrogen) atoms. The molecule has 0 saturated heterocycles. The third kappa shape index (κ3) is 6.10. The van der Waals surface area contributed by atoms with Crippen LogP contribution in [0.3, 0.4) is 0 Å². The SMILES string of the molecule is O=C(NC(Cc1ccccc1)C(=O)Nc1ccccc1O)OCc1ccccc1. The molecule has 0 radical (unpaired) electrons. The Kier molecular flexibility index (Phi) is 6.84. The van der Waals surface area contributed by atoms with Gasteiger partial charge in [-0.15, -0.1) is 0 Å². The van der Waals surface area contributed by atoms with Crippen molar-refractivity contribution >= 4 is 17.7 Å². The molecule has 0 bridgehead atoms. The lowest BCUT2D eigenvalue weighted by Gasteiger charge is -2.19. The predicted molar refractivity (Wildman–Crippen MR) is 110 cm³/mol. The Bertz CT molecular complexity index is 945. The second kappa shape index (κ2) is 9.94. The molecule has 3 N–H and O–H groups in total. The highest BCUT2D eigenvalue weighted by Gasteiger charge is 2.23. The molecule has 0 aliphatic rings. The quantitative estimate of drug-likeness (QED) is 0.535. The summed E-state index contributed by atoms with van der Waals surface area (Å²) in [5, 5.41) is 15.2. The maximum atomic E-state index is 12.8. The molecule has 0 heterocycles. The molecule has 1 atom stereocenters. The smallest absolute Gasteiger partial charge is 0.408 e. The van der Waals surface area contributed by atoms with E-state index in [1.54, 1.807) is 18.2 Å². The van der Waals surface area contributed by atoms with E-state index in [2.05, 4.69) is 10.6 Å². The summed E-state index contributed by atoms with van der Waals surface area (Å²) in [6.45, 7) is 0.103. The summed E-state index contributed by atoms with van der Waals surface area (Å²) in [7, 11) is 0. The lowest BCUT2D eigenvalue weighted by molar-refractivity contribution is -0.118. The summed E-state index contributed by atoms with van der Waals surface area (Å²) >= 11 is 0. The van der Waals surface area contributed by atoms with Gasteiger partial charge in [0.15, 0.2) is 0 Å². The second-order valence-corrected chi connectivity index (χ2v) is 6.45. The molecular formula is C23H22N2O4. The number of ether oxygens (including phenoxy) is 1. The molecule has 3 aromatic carbocycles. The monoisotopic (exact) mass is 390 g/mol. The first-order valence-corrected chi connectivity index (χ1v) is 9.22. The van der Waals surface area contributed by atoms with Crippen LogP contribution in [0.4, 0.5) is 10.5 Å². The van der Waals surface area contributed by atoms with Gasteiger partial charge in [-0.2, -0.15) is 0 Å². The van der Waals surface area contributed by atoms with Crippen LogP contribution in [-0.2, 0) is 22.6 Å². The Hall–Kier alpha value is -3.80. The summed E-state index contributed by atoms with van der Waals surface area (Å²) in [5.41, 5.74) is 2.00. The fraction of sp³-hybridized carbons (Fsp3) is 0.130. The van der Waals surface area contributed by atoms with Crippen LogP contribution in [0, 0.1) is 0 Å². The molecule has 3 rings (SSSR count). The zero-order chi connectivity index (χ0) is 20.5. The average molecular weight is 390 g/mol. The van der Waals surface area contributed by atoms with Crippen molar-refractivity contribution in [1.82, 2.24) is 5.32 Å². The summed E-state index contributed by atoms with van der Waals surface area (Å²) in [6, 6.07) is 24.2. The summed E-state index contributed by atoms with van der Waals surface area (Å²) in [5.74, 6) is -0.502. The van der Waals surface area contributed by atoms with Crippen LogP contribution >= 0.6 is 0 Å². The Morgan fingerprint density at radius 2 is 1.41 bits per heavy atom. The van der Waals surface area contributed by atoms with E-state index in [1.165, 1.54) is 6.07 Å². The number of aromatic hydroxyl groups is 1. The molecule has 0 aliphatic carbocycles. The number of carbonyl (C=O) groups is 2. The van der Waals surface area contributed by atoms with Crippen LogP contribution in [0.25, 0.3) is 0 Å². The minimum Gasteiger partial charge on any atom is -0.506 e. The summed E-state index contributed by atoms with van der Waals surface area (Å²) in [6.07, 6.45) is -0.414. The maximum Gasteiger partial charge on any atom is 0.408 e. The van der Waals surface area contributed by atoms with Gasteiger partial charge in [0, 0.05) is 6.42 Å². The topological polar surface area (TPSA) is 87.7 Å². The number of hydrogen-bond acceptors (Lipinski definition) is 4. The highest BCUT2D eigenvalue weighted by Crippen LogP contribution is 2.21. The Morgan fingerprint density at radius 1 is 0.828 bits per heavy atom. The van der Waals surface area contributed by atoms with Crippen LogP contribution in [-0.4, -0.2) is 23.1 Å². The van der Waals surface area contributed by atoms with E-state index < -0.39 is 18.0 Å². The molecule has 0 spiro atoms. The molecule has 0 aliphatic heterocycles. The summed E-state index contributed by atoms with van der Waals surface area (Å²) in [4.78, 5) is 25.1. The van der Waals surface area contributed by atoms with E-state index in [0.29, 0.717) is 0 Å². The number of phenolic OH excluding ortho intramolecular Hbond substituents is 1. The van der Waals surface area contributed by atoms with Crippen molar-refractivity contribution in [3.05, 3.63) is 96.1 Å². The largest absolute Gasteiger partial charge is 0.506 e. The molecule has 3 aromatic rings. The number of anilines is 1. The zero-order valence-electron chi connectivity index (χ0n) is 15.7. The van der Waals surface area contributed by atoms with Crippen molar-refractivity contribution in [1.29, 1.82) is 0 Å². The van der Waals surface area contributed by atoms with Gasteiger partial charge < -0.3 is 20.5 Å². The number of phenols is 1. The van der Waals surface area contributed by atoms with Gasteiger partial charge in [-0.25, -0.2) is 4.79 Å². The Balaban J connectivity index is 1.67. The van der Waals surface area contributed by atoms with Crippen LogP contribution in [0.2, 0.25) is 0 Å². The third-order valence-corrected chi connectivity index (χ3v) is 4.27. The van der Waals surface area contributed by atoms with E-state index in [-0.39, 0.29) is 24.5 Å². The molecule has 0 fully saturated rings. The number of hydrogen-bond donors (Lipinski definition) is 3. The first kappa shape index (κ1) is 19.9. The van der Waals surface area contributed by atoms with E-state index in [4.69, 9.17) is 4.74 Å². The average Bonchev–Trinajstić information content (AvgIpc) is 2.75. The number of carbonyl (C=O) groups excluding carboxylic acids is 2. The predicted octanol–water partition coefficient (Wildman–Crippen LogP) is 3.87. The molecule has 148 valence electrons. The van der Waals surface area contributed by atoms with Crippen molar-refractivity contribution in [2.45, 2.75) is 19.1 Å². The molecule has 0 saturated carbocycles. The molecule has 2 amide bonds. The molecular weight excluding hydrogens is 368 g/mol. The lowest BCUT2D eigenvalue weighted by Crippen LogP contribution is -2.45. The fourth-order valence-electron chi connectivity index (χ4n) is 2.77.